The lowest BCUT2D eigenvalue weighted by molar-refractivity contribution is 0.240. The first kappa shape index (κ1) is 15.0. The first-order valence-electron chi connectivity index (χ1n) is 6.95. The van der Waals surface area contributed by atoms with E-state index in [0.29, 0.717) is 30.4 Å². The zero-order valence-electron chi connectivity index (χ0n) is 12.5. The molecule has 0 atom stereocenters. The van der Waals surface area contributed by atoms with E-state index in [1.54, 1.807) is 19.2 Å². The molecule has 2 N–H and O–H groups in total. The largest absolute Gasteiger partial charge is 0.493 e. The zero-order valence-corrected chi connectivity index (χ0v) is 12.5. The van der Waals surface area contributed by atoms with Crippen molar-refractivity contribution in [2.24, 2.45) is 0 Å². The van der Waals surface area contributed by atoms with Crippen LogP contribution in [-0.4, -0.2) is 20.3 Å². The van der Waals surface area contributed by atoms with Gasteiger partial charge in [-0.15, -0.1) is 0 Å². The SMILES string of the molecule is COc1cc(N)ccc1OCCCOc1ccc(C)cc1. The molecule has 0 amide bonds. The second-order valence-electron chi connectivity index (χ2n) is 4.77. The van der Waals surface area contributed by atoms with Crippen LogP contribution in [0.2, 0.25) is 0 Å². The van der Waals surface area contributed by atoms with Crippen molar-refractivity contribution in [2.75, 3.05) is 26.1 Å². The van der Waals surface area contributed by atoms with Crippen LogP contribution in [0.3, 0.4) is 0 Å². The Morgan fingerprint density at radius 3 is 2.33 bits per heavy atom. The van der Waals surface area contributed by atoms with Crippen molar-refractivity contribution in [3.8, 4) is 17.2 Å². The highest BCUT2D eigenvalue weighted by Gasteiger charge is 2.04. The fourth-order valence-electron chi connectivity index (χ4n) is 1.87. The average Bonchev–Trinajstić information content (AvgIpc) is 2.50. The second kappa shape index (κ2) is 7.43. The zero-order chi connectivity index (χ0) is 15.1. The summed E-state index contributed by atoms with van der Waals surface area (Å²) in [5.41, 5.74) is 7.58. The summed E-state index contributed by atoms with van der Waals surface area (Å²) >= 11 is 0. The highest BCUT2D eigenvalue weighted by Crippen LogP contribution is 2.28. The van der Waals surface area contributed by atoms with Gasteiger partial charge in [0, 0.05) is 18.2 Å². The Hall–Kier alpha value is -2.36. The lowest BCUT2D eigenvalue weighted by atomic mass is 10.2. The van der Waals surface area contributed by atoms with Crippen LogP contribution in [0.25, 0.3) is 0 Å². The van der Waals surface area contributed by atoms with Crippen molar-refractivity contribution in [1.82, 2.24) is 0 Å². The summed E-state index contributed by atoms with van der Waals surface area (Å²) in [5.74, 6) is 2.22. The maximum atomic E-state index is 5.70. The molecule has 4 heteroatoms. The van der Waals surface area contributed by atoms with Gasteiger partial charge in [-0.05, 0) is 31.2 Å². The molecule has 21 heavy (non-hydrogen) atoms. The Labute approximate surface area is 125 Å². The number of aryl methyl sites for hydroxylation is 1. The van der Waals surface area contributed by atoms with E-state index in [2.05, 4.69) is 6.92 Å². The number of methoxy groups -OCH3 is 1. The van der Waals surface area contributed by atoms with Gasteiger partial charge in [-0.25, -0.2) is 0 Å². The van der Waals surface area contributed by atoms with Crippen molar-refractivity contribution >= 4 is 5.69 Å². The molecular formula is C17H21NO3. The molecule has 2 rings (SSSR count). The van der Waals surface area contributed by atoms with E-state index in [1.165, 1.54) is 5.56 Å². The standard InChI is InChI=1S/C17H21NO3/c1-13-4-7-15(8-5-13)20-10-3-11-21-16-9-6-14(18)12-17(16)19-2/h4-9,12H,3,10-11,18H2,1-2H3. The van der Waals surface area contributed by atoms with Gasteiger partial charge >= 0.3 is 0 Å². The van der Waals surface area contributed by atoms with Crippen LogP contribution < -0.4 is 19.9 Å². The molecule has 0 heterocycles. The van der Waals surface area contributed by atoms with Gasteiger partial charge < -0.3 is 19.9 Å². The third kappa shape index (κ3) is 4.60. The Bertz CT molecular complexity index is 567. The number of hydrogen-bond donors (Lipinski definition) is 1. The summed E-state index contributed by atoms with van der Waals surface area (Å²) in [6, 6.07) is 13.4. The highest BCUT2D eigenvalue weighted by molar-refractivity contribution is 5.51. The Kier molecular flexibility index (Phi) is 5.32. The highest BCUT2D eigenvalue weighted by atomic mass is 16.5. The molecule has 0 unspecified atom stereocenters. The quantitative estimate of drug-likeness (QED) is 0.626. The molecule has 2 aromatic rings. The molecule has 0 saturated heterocycles. The molecule has 112 valence electrons. The minimum atomic E-state index is 0.562. The van der Waals surface area contributed by atoms with Crippen molar-refractivity contribution < 1.29 is 14.2 Å². The number of anilines is 1. The van der Waals surface area contributed by atoms with Crippen LogP contribution in [-0.2, 0) is 0 Å². The third-order valence-corrected chi connectivity index (χ3v) is 3.02. The van der Waals surface area contributed by atoms with E-state index in [0.717, 1.165) is 12.2 Å². The predicted molar refractivity (Wildman–Crippen MR) is 84.2 cm³/mol. The summed E-state index contributed by atoms with van der Waals surface area (Å²) < 4.78 is 16.6. The van der Waals surface area contributed by atoms with Crippen molar-refractivity contribution in [1.29, 1.82) is 0 Å². The fraction of sp³-hybridized carbons (Fsp3) is 0.294. The normalized spacial score (nSPS) is 10.2. The maximum Gasteiger partial charge on any atom is 0.162 e. The monoisotopic (exact) mass is 287 g/mol. The molecule has 0 aliphatic heterocycles. The first-order chi connectivity index (χ1) is 10.2. The third-order valence-electron chi connectivity index (χ3n) is 3.02. The number of ether oxygens (including phenoxy) is 3. The summed E-state index contributed by atoms with van der Waals surface area (Å²) in [7, 11) is 1.60. The minimum Gasteiger partial charge on any atom is -0.493 e. The fourth-order valence-corrected chi connectivity index (χ4v) is 1.87. The Morgan fingerprint density at radius 1 is 0.905 bits per heavy atom. The van der Waals surface area contributed by atoms with E-state index in [-0.39, 0.29) is 0 Å². The van der Waals surface area contributed by atoms with Gasteiger partial charge in [0.25, 0.3) is 0 Å². The van der Waals surface area contributed by atoms with Crippen LogP contribution in [0.1, 0.15) is 12.0 Å². The molecule has 0 aromatic heterocycles. The summed E-state index contributed by atoms with van der Waals surface area (Å²) in [4.78, 5) is 0. The molecule has 0 aliphatic carbocycles. The molecule has 0 saturated carbocycles. The average molecular weight is 287 g/mol. The van der Waals surface area contributed by atoms with Gasteiger partial charge in [0.05, 0.1) is 20.3 Å². The molecule has 0 bridgehead atoms. The maximum absolute atomic E-state index is 5.70. The predicted octanol–water partition coefficient (Wildman–Crippen LogP) is 3.43. The van der Waals surface area contributed by atoms with Gasteiger partial charge in [0.2, 0.25) is 0 Å². The number of nitrogens with two attached hydrogens (primary N) is 1. The molecule has 0 spiro atoms. The molecule has 0 fully saturated rings. The lowest BCUT2D eigenvalue weighted by Gasteiger charge is -2.11. The number of hydrogen-bond acceptors (Lipinski definition) is 4. The van der Waals surface area contributed by atoms with Gasteiger partial charge in [-0.3, -0.25) is 0 Å². The van der Waals surface area contributed by atoms with Gasteiger partial charge in [0.15, 0.2) is 11.5 Å². The number of benzene rings is 2. The molecule has 2 aromatic carbocycles. The Balaban J connectivity index is 1.73. The number of rotatable bonds is 7. The van der Waals surface area contributed by atoms with Crippen LogP contribution in [0.15, 0.2) is 42.5 Å². The topological polar surface area (TPSA) is 53.7 Å². The van der Waals surface area contributed by atoms with Crippen LogP contribution in [0, 0.1) is 6.92 Å². The van der Waals surface area contributed by atoms with Crippen LogP contribution in [0.4, 0.5) is 5.69 Å². The van der Waals surface area contributed by atoms with Crippen LogP contribution >= 0.6 is 0 Å². The van der Waals surface area contributed by atoms with Crippen molar-refractivity contribution in [3.05, 3.63) is 48.0 Å². The van der Waals surface area contributed by atoms with E-state index < -0.39 is 0 Å². The first-order valence-corrected chi connectivity index (χ1v) is 6.95. The van der Waals surface area contributed by atoms with Crippen LogP contribution in [0.5, 0.6) is 17.2 Å². The molecular weight excluding hydrogens is 266 g/mol. The van der Waals surface area contributed by atoms with E-state index in [4.69, 9.17) is 19.9 Å². The minimum absolute atomic E-state index is 0.562. The second-order valence-corrected chi connectivity index (χ2v) is 4.77. The summed E-state index contributed by atoms with van der Waals surface area (Å²) in [6.07, 6.45) is 0.793. The van der Waals surface area contributed by atoms with E-state index >= 15 is 0 Å². The number of nitrogen functional groups attached to an aromatic ring is 1. The summed E-state index contributed by atoms with van der Waals surface area (Å²) in [5, 5.41) is 0. The van der Waals surface area contributed by atoms with E-state index in [1.807, 2.05) is 30.3 Å². The summed E-state index contributed by atoms with van der Waals surface area (Å²) in [6.45, 7) is 3.23. The molecule has 0 radical (unpaired) electrons. The van der Waals surface area contributed by atoms with Crippen molar-refractivity contribution in [2.45, 2.75) is 13.3 Å². The molecule has 4 nitrogen and oxygen atoms in total. The van der Waals surface area contributed by atoms with Gasteiger partial charge in [0.1, 0.15) is 5.75 Å². The van der Waals surface area contributed by atoms with E-state index in [9.17, 15) is 0 Å². The molecule has 0 aliphatic rings. The van der Waals surface area contributed by atoms with Gasteiger partial charge in [-0.2, -0.15) is 0 Å². The smallest absolute Gasteiger partial charge is 0.162 e. The van der Waals surface area contributed by atoms with Crippen molar-refractivity contribution in [3.63, 3.8) is 0 Å². The van der Waals surface area contributed by atoms with Gasteiger partial charge in [-0.1, -0.05) is 17.7 Å². The Morgan fingerprint density at radius 2 is 1.62 bits per heavy atom. The lowest BCUT2D eigenvalue weighted by Crippen LogP contribution is -2.05.